The maximum absolute atomic E-state index is 13.3. The molecule has 0 aliphatic heterocycles. The zero-order valence-electron chi connectivity index (χ0n) is 8.26. The van der Waals surface area contributed by atoms with E-state index in [0.717, 1.165) is 0 Å². The van der Waals surface area contributed by atoms with Gasteiger partial charge in [-0.2, -0.15) is 0 Å². The van der Waals surface area contributed by atoms with Gasteiger partial charge in [-0.3, -0.25) is 0 Å². The van der Waals surface area contributed by atoms with Gasteiger partial charge in [-0.25, -0.2) is 4.39 Å². The average molecular weight is 214 g/mol. The summed E-state index contributed by atoms with van der Waals surface area (Å²) < 4.78 is 22.5. The normalized spacial score (nSPS) is 12.5. The summed E-state index contributed by atoms with van der Waals surface area (Å²) in [4.78, 5) is 0. The molecule has 6 heteroatoms. The predicted octanol–water partition coefficient (Wildman–Crippen LogP) is -0.0450. The minimum Gasteiger partial charge on any atom is -0.423 e. The third-order valence-electron chi connectivity index (χ3n) is 1.80. The highest BCUT2D eigenvalue weighted by molar-refractivity contribution is 6.58. The van der Waals surface area contributed by atoms with E-state index in [9.17, 15) is 4.39 Å². The molecule has 2 N–H and O–H groups in total. The van der Waals surface area contributed by atoms with Gasteiger partial charge in [0.2, 0.25) is 6.36 Å². The number of hydrogen-bond donors (Lipinski definition) is 2. The number of hydrogen-bond acceptors (Lipinski definition) is 4. The smallest absolute Gasteiger partial charge is 0.423 e. The second kappa shape index (κ2) is 5.82. The van der Waals surface area contributed by atoms with Crippen LogP contribution in [0, 0.1) is 0 Å². The molecule has 0 saturated carbocycles. The Balaban J connectivity index is 2.71. The van der Waals surface area contributed by atoms with Crippen LogP contribution in [0.2, 0.25) is 0 Å². The third-order valence-corrected chi connectivity index (χ3v) is 1.80. The van der Waals surface area contributed by atoms with Crippen molar-refractivity contribution in [2.45, 2.75) is 6.36 Å². The lowest BCUT2D eigenvalue weighted by Gasteiger charge is -2.10. The molecule has 0 saturated heterocycles. The fraction of sp³-hybridized carbons (Fsp3) is 0.333. The van der Waals surface area contributed by atoms with E-state index in [1.165, 1.54) is 31.4 Å². The summed E-state index contributed by atoms with van der Waals surface area (Å²) in [6.07, 6.45) is -1.64. The summed E-state index contributed by atoms with van der Waals surface area (Å²) in [5, 5.41) is 17.7. The van der Waals surface area contributed by atoms with E-state index < -0.39 is 13.5 Å². The van der Waals surface area contributed by atoms with Gasteiger partial charge in [0.05, 0.1) is 0 Å². The Labute approximate surface area is 87.4 Å². The largest absolute Gasteiger partial charge is 0.488 e. The van der Waals surface area contributed by atoms with Crippen LogP contribution in [-0.2, 0) is 9.47 Å². The highest BCUT2D eigenvalue weighted by Crippen LogP contribution is 2.17. The molecule has 0 spiro atoms. The molecule has 1 atom stereocenters. The van der Waals surface area contributed by atoms with Crippen LogP contribution in [0.5, 0.6) is 0 Å². The van der Waals surface area contributed by atoms with Gasteiger partial charge >= 0.3 is 7.12 Å². The first-order valence-electron chi connectivity index (χ1n) is 4.35. The number of methoxy groups -OCH3 is 1. The van der Waals surface area contributed by atoms with Crippen LogP contribution in [0.4, 0.5) is 4.39 Å². The standard InChI is InChI=1S/C9H12BFO4/c1-14-6-15-9(11)7-3-2-4-8(5-7)10(12)13/h2-5,9,12-13H,6H2,1H3. The van der Waals surface area contributed by atoms with Crippen molar-refractivity contribution in [2.24, 2.45) is 0 Å². The van der Waals surface area contributed by atoms with Gasteiger partial charge in [0.1, 0.15) is 6.79 Å². The number of halogens is 1. The van der Waals surface area contributed by atoms with Gasteiger partial charge < -0.3 is 19.5 Å². The van der Waals surface area contributed by atoms with E-state index in [1.807, 2.05) is 0 Å². The van der Waals surface area contributed by atoms with Crippen molar-refractivity contribution in [1.82, 2.24) is 0 Å². The Hall–Kier alpha value is -0.945. The van der Waals surface area contributed by atoms with Crippen LogP contribution in [-0.4, -0.2) is 31.1 Å². The Morgan fingerprint density at radius 2 is 2.20 bits per heavy atom. The highest BCUT2D eigenvalue weighted by atomic mass is 19.1. The molecule has 0 bridgehead atoms. The molecule has 1 rings (SSSR count). The van der Waals surface area contributed by atoms with E-state index in [2.05, 4.69) is 9.47 Å². The molecule has 0 aliphatic rings. The summed E-state index contributed by atoms with van der Waals surface area (Å²) in [5.74, 6) is 0. The zero-order valence-corrected chi connectivity index (χ0v) is 8.26. The molecule has 1 aromatic carbocycles. The Morgan fingerprint density at radius 3 is 2.80 bits per heavy atom. The Bertz CT molecular complexity index is 308. The molecule has 0 fully saturated rings. The lowest BCUT2D eigenvalue weighted by atomic mass is 9.79. The zero-order chi connectivity index (χ0) is 11.3. The van der Waals surface area contributed by atoms with Crippen molar-refractivity contribution in [1.29, 1.82) is 0 Å². The van der Waals surface area contributed by atoms with Gasteiger partial charge in [-0.05, 0) is 5.46 Å². The average Bonchev–Trinajstić information content (AvgIpc) is 2.26. The SMILES string of the molecule is COCOC(F)c1cccc(B(O)O)c1. The van der Waals surface area contributed by atoms with E-state index in [4.69, 9.17) is 10.0 Å². The maximum Gasteiger partial charge on any atom is 0.488 e. The van der Waals surface area contributed by atoms with Gasteiger partial charge in [-0.15, -0.1) is 0 Å². The predicted molar refractivity (Wildman–Crippen MR) is 53.1 cm³/mol. The van der Waals surface area contributed by atoms with Crippen LogP contribution in [0.3, 0.4) is 0 Å². The molecule has 82 valence electrons. The van der Waals surface area contributed by atoms with Gasteiger partial charge in [0, 0.05) is 12.7 Å². The second-order valence-electron chi connectivity index (χ2n) is 2.93. The lowest BCUT2D eigenvalue weighted by Crippen LogP contribution is -2.30. The molecule has 1 aromatic rings. The summed E-state index contributed by atoms with van der Waals surface area (Å²) in [6, 6.07) is 5.82. The van der Waals surface area contributed by atoms with Crippen LogP contribution >= 0.6 is 0 Å². The van der Waals surface area contributed by atoms with Crippen LogP contribution in [0.15, 0.2) is 24.3 Å². The van der Waals surface area contributed by atoms with Crippen LogP contribution in [0.1, 0.15) is 11.9 Å². The van der Waals surface area contributed by atoms with Crippen LogP contribution < -0.4 is 5.46 Å². The first-order valence-corrected chi connectivity index (χ1v) is 4.35. The van der Waals surface area contributed by atoms with E-state index in [-0.39, 0.29) is 17.8 Å². The molecule has 0 amide bonds. The second-order valence-corrected chi connectivity index (χ2v) is 2.93. The van der Waals surface area contributed by atoms with Gasteiger partial charge in [0.25, 0.3) is 0 Å². The van der Waals surface area contributed by atoms with E-state index in [0.29, 0.717) is 0 Å². The Kier molecular flexibility index (Phi) is 4.70. The molecular weight excluding hydrogens is 202 g/mol. The first-order chi connectivity index (χ1) is 7.15. The summed E-state index contributed by atoms with van der Waals surface area (Å²) in [5.41, 5.74) is 0.439. The van der Waals surface area contributed by atoms with Gasteiger partial charge in [0.15, 0.2) is 0 Å². The molecule has 0 heterocycles. The monoisotopic (exact) mass is 214 g/mol. The quantitative estimate of drug-likeness (QED) is 0.533. The topological polar surface area (TPSA) is 58.9 Å². The molecular formula is C9H12BFO4. The molecule has 1 unspecified atom stereocenters. The fourth-order valence-electron chi connectivity index (χ4n) is 1.08. The summed E-state index contributed by atoms with van der Waals surface area (Å²) >= 11 is 0. The minimum absolute atomic E-state index is 0.160. The first kappa shape index (κ1) is 12.1. The van der Waals surface area contributed by atoms with Crippen molar-refractivity contribution < 1.29 is 23.9 Å². The molecule has 0 aromatic heterocycles. The van der Waals surface area contributed by atoms with Crippen molar-refractivity contribution in [2.75, 3.05) is 13.9 Å². The number of rotatable bonds is 5. The lowest BCUT2D eigenvalue weighted by molar-refractivity contribution is -0.125. The number of alkyl halides is 1. The van der Waals surface area contributed by atoms with Crippen molar-refractivity contribution >= 4 is 12.6 Å². The number of benzene rings is 1. The third kappa shape index (κ3) is 3.60. The maximum atomic E-state index is 13.3. The molecule has 0 radical (unpaired) electrons. The number of ether oxygens (including phenoxy) is 2. The summed E-state index contributed by atoms with van der Waals surface area (Å²) in [6.45, 7) is -0.160. The van der Waals surface area contributed by atoms with Crippen molar-refractivity contribution in [3.05, 3.63) is 29.8 Å². The minimum atomic E-state index is -1.64. The van der Waals surface area contributed by atoms with E-state index in [1.54, 1.807) is 0 Å². The molecule has 4 nitrogen and oxygen atoms in total. The fourth-order valence-corrected chi connectivity index (χ4v) is 1.08. The van der Waals surface area contributed by atoms with Crippen molar-refractivity contribution in [3.63, 3.8) is 0 Å². The van der Waals surface area contributed by atoms with Crippen LogP contribution in [0.25, 0.3) is 0 Å². The molecule has 0 aliphatic carbocycles. The highest BCUT2D eigenvalue weighted by Gasteiger charge is 2.15. The molecule has 15 heavy (non-hydrogen) atoms. The summed E-state index contributed by atoms with van der Waals surface area (Å²) in [7, 11) is -0.222. The van der Waals surface area contributed by atoms with Gasteiger partial charge in [-0.1, -0.05) is 24.3 Å². The van der Waals surface area contributed by atoms with E-state index >= 15 is 0 Å². The van der Waals surface area contributed by atoms with Crippen molar-refractivity contribution in [3.8, 4) is 0 Å². The Morgan fingerprint density at radius 1 is 1.47 bits per heavy atom.